The highest BCUT2D eigenvalue weighted by molar-refractivity contribution is 9.10. The lowest BCUT2D eigenvalue weighted by molar-refractivity contribution is 0.0479. The third-order valence-corrected chi connectivity index (χ3v) is 6.09. The summed E-state index contributed by atoms with van der Waals surface area (Å²) < 4.78 is 7.14. The Morgan fingerprint density at radius 1 is 0.931 bits per heavy atom. The van der Waals surface area contributed by atoms with Gasteiger partial charge in [-0.2, -0.15) is 0 Å². The minimum absolute atomic E-state index is 0.0148. The van der Waals surface area contributed by atoms with Crippen molar-refractivity contribution in [3.63, 3.8) is 0 Å². The maximum Gasteiger partial charge on any atom is 0.261 e. The number of benzene rings is 2. The molecule has 0 spiro atoms. The van der Waals surface area contributed by atoms with E-state index in [1.807, 2.05) is 12.1 Å². The van der Waals surface area contributed by atoms with Crippen LogP contribution in [0.5, 0.6) is 5.75 Å². The van der Waals surface area contributed by atoms with E-state index in [4.69, 9.17) is 4.74 Å². The van der Waals surface area contributed by atoms with E-state index in [9.17, 15) is 9.59 Å². The molecule has 0 radical (unpaired) electrons. The van der Waals surface area contributed by atoms with Gasteiger partial charge in [-0.15, -0.1) is 0 Å². The van der Waals surface area contributed by atoms with Crippen molar-refractivity contribution in [1.82, 2.24) is 14.9 Å². The van der Waals surface area contributed by atoms with E-state index in [-0.39, 0.29) is 24.0 Å². The molecule has 29 heavy (non-hydrogen) atoms. The fraction of sp³-hybridized carbons (Fsp3) is 0.273. The molecule has 1 aromatic heterocycles. The number of hydrogen-bond donors (Lipinski definition) is 0. The van der Waals surface area contributed by atoms with Gasteiger partial charge in [0.05, 0.1) is 22.7 Å². The lowest BCUT2D eigenvalue weighted by atomic mass is 9.91. The Morgan fingerprint density at radius 3 is 2.28 bits per heavy atom. The molecule has 0 bridgehead atoms. The number of hydrogen-bond acceptors (Lipinski definition) is 5. The fourth-order valence-electron chi connectivity index (χ4n) is 4.24. The number of halogens is 1. The van der Waals surface area contributed by atoms with Crippen LogP contribution in [0.2, 0.25) is 0 Å². The minimum atomic E-state index is -0.178. The summed E-state index contributed by atoms with van der Waals surface area (Å²) in [7, 11) is 0. The SMILES string of the molecule is O=C1c2ccccc2C(=O)N1C1CCC(Oc2cc(Br)cc3nccnc23)CC1. The molecule has 0 saturated heterocycles. The Labute approximate surface area is 176 Å². The first-order valence-corrected chi connectivity index (χ1v) is 10.4. The second-order valence-electron chi connectivity index (χ2n) is 7.40. The molecule has 2 aromatic carbocycles. The maximum atomic E-state index is 12.7. The Bertz CT molecular complexity index is 1090. The van der Waals surface area contributed by atoms with Crippen molar-refractivity contribution in [3.8, 4) is 5.75 Å². The number of ether oxygens (including phenoxy) is 1. The quantitative estimate of drug-likeness (QED) is 0.552. The zero-order chi connectivity index (χ0) is 20.0. The van der Waals surface area contributed by atoms with E-state index in [0.29, 0.717) is 16.9 Å². The number of carbonyl (C=O) groups excluding carboxylic acids is 2. The first-order valence-electron chi connectivity index (χ1n) is 9.65. The molecule has 6 nitrogen and oxygen atoms in total. The van der Waals surface area contributed by atoms with Crippen molar-refractivity contribution >= 4 is 38.8 Å². The molecule has 0 atom stereocenters. The van der Waals surface area contributed by atoms with E-state index >= 15 is 0 Å². The Hall–Kier alpha value is -2.80. The summed E-state index contributed by atoms with van der Waals surface area (Å²) in [6.45, 7) is 0. The lowest BCUT2D eigenvalue weighted by Gasteiger charge is -2.33. The number of carbonyl (C=O) groups is 2. The highest BCUT2D eigenvalue weighted by Gasteiger charge is 2.41. The molecular formula is C22H18BrN3O3. The van der Waals surface area contributed by atoms with Crippen molar-refractivity contribution in [2.45, 2.75) is 37.8 Å². The van der Waals surface area contributed by atoms with Gasteiger partial charge in [-0.3, -0.25) is 19.5 Å². The van der Waals surface area contributed by atoms with Gasteiger partial charge in [0.15, 0.2) is 0 Å². The predicted molar refractivity (Wildman–Crippen MR) is 111 cm³/mol. The van der Waals surface area contributed by atoms with Gasteiger partial charge in [0.2, 0.25) is 0 Å². The molecule has 0 N–H and O–H groups in total. The van der Waals surface area contributed by atoms with Crippen molar-refractivity contribution in [2.24, 2.45) is 0 Å². The third kappa shape index (κ3) is 3.19. The first-order chi connectivity index (χ1) is 14.1. The minimum Gasteiger partial charge on any atom is -0.488 e. The number of nitrogens with zero attached hydrogens (tertiary/aromatic N) is 3. The Morgan fingerprint density at radius 2 is 1.59 bits per heavy atom. The van der Waals surface area contributed by atoms with Crippen molar-refractivity contribution in [2.75, 3.05) is 0 Å². The zero-order valence-electron chi connectivity index (χ0n) is 15.5. The molecule has 1 aliphatic carbocycles. The molecule has 3 aromatic rings. The predicted octanol–water partition coefficient (Wildman–Crippen LogP) is 4.38. The van der Waals surface area contributed by atoms with Gasteiger partial charge >= 0.3 is 0 Å². The van der Waals surface area contributed by atoms with Crippen LogP contribution in [0.4, 0.5) is 0 Å². The molecule has 2 amide bonds. The highest BCUT2D eigenvalue weighted by atomic mass is 79.9. The topological polar surface area (TPSA) is 72.4 Å². The van der Waals surface area contributed by atoms with Crippen LogP contribution in [-0.4, -0.2) is 38.8 Å². The second kappa shape index (κ2) is 7.22. The summed E-state index contributed by atoms with van der Waals surface area (Å²) in [6.07, 6.45) is 6.33. The lowest BCUT2D eigenvalue weighted by Crippen LogP contribution is -2.43. The molecular weight excluding hydrogens is 434 g/mol. The van der Waals surface area contributed by atoms with Gasteiger partial charge in [0.1, 0.15) is 11.3 Å². The largest absolute Gasteiger partial charge is 0.488 e. The van der Waals surface area contributed by atoms with E-state index in [0.717, 1.165) is 41.2 Å². The molecule has 7 heteroatoms. The Kier molecular flexibility index (Phi) is 4.54. The van der Waals surface area contributed by atoms with Gasteiger partial charge in [-0.1, -0.05) is 28.1 Å². The maximum absolute atomic E-state index is 12.7. The number of aromatic nitrogens is 2. The zero-order valence-corrected chi connectivity index (χ0v) is 17.1. The third-order valence-electron chi connectivity index (χ3n) is 5.63. The summed E-state index contributed by atoms with van der Waals surface area (Å²) in [5.41, 5.74) is 2.53. The number of amides is 2. The first kappa shape index (κ1) is 18.2. The summed E-state index contributed by atoms with van der Waals surface area (Å²) in [5.74, 6) is 0.345. The molecule has 1 aliphatic heterocycles. The van der Waals surface area contributed by atoms with Crippen LogP contribution in [-0.2, 0) is 0 Å². The van der Waals surface area contributed by atoms with E-state index in [2.05, 4.69) is 25.9 Å². The van der Waals surface area contributed by atoms with Crippen molar-refractivity contribution in [3.05, 3.63) is 64.4 Å². The van der Waals surface area contributed by atoms with E-state index in [1.54, 1.807) is 36.7 Å². The average Bonchev–Trinajstić information content (AvgIpc) is 2.99. The van der Waals surface area contributed by atoms with Gasteiger partial charge in [0, 0.05) is 22.9 Å². The Balaban J connectivity index is 1.30. The van der Waals surface area contributed by atoms with E-state index < -0.39 is 0 Å². The molecule has 5 rings (SSSR count). The fourth-order valence-corrected chi connectivity index (χ4v) is 4.67. The van der Waals surface area contributed by atoms with Crippen LogP contribution in [0.25, 0.3) is 11.0 Å². The van der Waals surface area contributed by atoms with Gasteiger partial charge < -0.3 is 4.74 Å². The molecule has 1 saturated carbocycles. The molecule has 146 valence electrons. The average molecular weight is 452 g/mol. The standard InChI is InChI=1S/C22H18BrN3O3/c23-13-11-18-20(25-10-9-24-18)19(12-13)29-15-7-5-14(6-8-15)26-21(27)16-3-1-2-4-17(16)22(26)28/h1-4,9-12,14-15H,5-8H2. The van der Waals surface area contributed by atoms with E-state index in [1.165, 1.54) is 4.90 Å². The highest BCUT2D eigenvalue weighted by Crippen LogP contribution is 2.34. The molecule has 1 fully saturated rings. The molecule has 2 aliphatic rings. The second-order valence-corrected chi connectivity index (χ2v) is 8.32. The summed E-state index contributed by atoms with van der Waals surface area (Å²) in [5, 5.41) is 0. The normalized spacial score (nSPS) is 21.5. The van der Waals surface area contributed by atoms with Gasteiger partial charge in [-0.25, -0.2) is 4.98 Å². The van der Waals surface area contributed by atoms with Gasteiger partial charge in [-0.05, 0) is 49.9 Å². The van der Waals surface area contributed by atoms with Crippen molar-refractivity contribution in [1.29, 1.82) is 0 Å². The van der Waals surface area contributed by atoms with Gasteiger partial charge in [0.25, 0.3) is 11.8 Å². The monoisotopic (exact) mass is 451 g/mol. The van der Waals surface area contributed by atoms with Crippen molar-refractivity contribution < 1.29 is 14.3 Å². The summed E-state index contributed by atoms with van der Waals surface area (Å²) in [6, 6.07) is 10.8. The number of imide groups is 1. The number of fused-ring (bicyclic) bond motifs is 2. The smallest absolute Gasteiger partial charge is 0.261 e. The number of rotatable bonds is 3. The van der Waals surface area contributed by atoms with Crippen LogP contribution in [0.3, 0.4) is 0 Å². The molecule has 2 heterocycles. The van der Waals surface area contributed by atoms with Crippen LogP contribution in [0.15, 0.2) is 53.3 Å². The summed E-state index contributed by atoms with van der Waals surface area (Å²) >= 11 is 3.50. The van der Waals surface area contributed by atoms with Crippen LogP contribution in [0.1, 0.15) is 46.4 Å². The van der Waals surface area contributed by atoms with Crippen LogP contribution >= 0.6 is 15.9 Å². The summed E-state index contributed by atoms with van der Waals surface area (Å²) in [4.78, 5) is 35.6. The van der Waals surface area contributed by atoms with Crippen LogP contribution in [0, 0.1) is 0 Å². The van der Waals surface area contributed by atoms with Crippen LogP contribution < -0.4 is 4.74 Å². The molecule has 0 unspecified atom stereocenters.